The normalized spacial score (nSPS) is 12.9. The third-order valence-electron chi connectivity index (χ3n) is 5.78. The van der Waals surface area contributed by atoms with E-state index in [1.54, 1.807) is 0 Å². The Morgan fingerprint density at radius 1 is 0.903 bits per heavy atom. The van der Waals surface area contributed by atoms with E-state index in [0.29, 0.717) is 11.8 Å². The second kappa shape index (κ2) is 12.7. The van der Waals surface area contributed by atoms with Crippen LogP contribution in [0.2, 0.25) is 0 Å². The van der Waals surface area contributed by atoms with Gasteiger partial charge in [-0.3, -0.25) is 9.97 Å². The molecule has 2 aromatic heterocycles. The van der Waals surface area contributed by atoms with Gasteiger partial charge in [0.15, 0.2) is 5.82 Å². The summed E-state index contributed by atoms with van der Waals surface area (Å²) in [5.41, 5.74) is 6.27. The number of hydrogen-bond donors (Lipinski definition) is 1. The summed E-state index contributed by atoms with van der Waals surface area (Å²) in [4.78, 5) is 17.2. The Bertz CT molecular complexity index is 817. The highest BCUT2D eigenvalue weighted by molar-refractivity contribution is 5.67. The number of aliphatic hydroxyl groups excluding tert-OH is 1. The van der Waals surface area contributed by atoms with Crippen LogP contribution in [0.25, 0.3) is 11.3 Å². The molecule has 0 spiro atoms. The highest BCUT2D eigenvalue weighted by atomic mass is 16.3. The Hall–Kier alpha value is -2.01. The maximum absolute atomic E-state index is 9.37. The Labute approximate surface area is 190 Å². The first kappa shape index (κ1) is 27.0. The van der Waals surface area contributed by atoms with E-state index in [9.17, 15) is 5.11 Å². The van der Waals surface area contributed by atoms with E-state index >= 15 is 0 Å². The molecule has 0 aromatic carbocycles. The maximum Gasteiger partial charge on any atom is 0.150 e. The molecule has 5 nitrogen and oxygen atoms in total. The van der Waals surface area contributed by atoms with Crippen LogP contribution in [0, 0.1) is 5.92 Å². The van der Waals surface area contributed by atoms with Crippen molar-refractivity contribution in [2.45, 2.75) is 86.5 Å². The summed E-state index contributed by atoms with van der Waals surface area (Å²) in [6.45, 7) is 17.2. The fraction of sp³-hybridized carbons (Fsp3) is 0.654. The van der Waals surface area contributed by atoms with Crippen LogP contribution < -0.4 is 4.90 Å². The first-order valence-corrected chi connectivity index (χ1v) is 11.9. The van der Waals surface area contributed by atoms with Gasteiger partial charge in [0.1, 0.15) is 0 Å². The van der Waals surface area contributed by atoms with E-state index in [0.717, 1.165) is 59.1 Å². The van der Waals surface area contributed by atoms with Gasteiger partial charge in [0.2, 0.25) is 0 Å². The summed E-state index contributed by atoms with van der Waals surface area (Å²) in [6.07, 6.45) is 2.45. The minimum atomic E-state index is 0.197. The molecule has 5 heteroatoms. The van der Waals surface area contributed by atoms with Crippen molar-refractivity contribution < 1.29 is 5.11 Å². The van der Waals surface area contributed by atoms with Crippen molar-refractivity contribution in [3.05, 3.63) is 34.9 Å². The van der Waals surface area contributed by atoms with E-state index in [4.69, 9.17) is 15.0 Å². The fourth-order valence-electron chi connectivity index (χ4n) is 3.62. The molecule has 0 saturated carbocycles. The zero-order valence-corrected chi connectivity index (χ0v) is 21.5. The summed E-state index contributed by atoms with van der Waals surface area (Å²) >= 11 is 0. The average Bonchev–Trinajstić information content (AvgIpc) is 2.78. The van der Waals surface area contributed by atoms with Crippen molar-refractivity contribution in [1.82, 2.24) is 15.0 Å². The van der Waals surface area contributed by atoms with Gasteiger partial charge < -0.3 is 10.0 Å². The minimum Gasteiger partial charge on any atom is -0.396 e. The van der Waals surface area contributed by atoms with Crippen molar-refractivity contribution in [3.63, 3.8) is 0 Å². The largest absolute Gasteiger partial charge is 0.396 e. The molecule has 0 bridgehead atoms. The SMILES string of the molecule is CC.CCc1nc(C(C)C)ccc1-c1nc(N(C)C)c(C(C)[C@H](C)CCO)nc1CC. The summed E-state index contributed by atoms with van der Waals surface area (Å²) < 4.78 is 0. The number of nitrogens with zero attached hydrogens (tertiary/aromatic N) is 4. The van der Waals surface area contributed by atoms with Crippen LogP contribution in [0.4, 0.5) is 5.82 Å². The van der Waals surface area contributed by atoms with Crippen LogP contribution in [0.5, 0.6) is 0 Å². The van der Waals surface area contributed by atoms with Gasteiger partial charge in [-0.1, -0.05) is 55.4 Å². The van der Waals surface area contributed by atoms with Crippen LogP contribution >= 0.6 is 0 Å². The lowest BCUT2D eigenvalue weighted by Gasteiger charge is -2.26. The molecule has 0 radical (unpaired) electrons. The van der Waals surface area contributed by atoms with Crippen molar-refractivity contribution in [2.75, 3.05) is 25.6 Å². The predicted octanol–water partition coefficient (Wildman–Crippen LogP) is 6.00. The Balaban J connectivity index is 0.00000233. The number of hydrogen-bond acceptors (Lipinski definition) is 5. The molecule has 0 aliphatic rings. The topological polar surface area (TPSA) is 62.1 Å². The zero-order chi connectivity index (χ0) is 23.7. The molecule has 174 valence electrons. The van der Waals surface area contributed by atoms with E-state index in [-0.39, 0.29) is 12.5 Å². The van der Waals surface area contributed by atoms with E-state index < -0.39 is 0 Å². The molecule has 1 unspecified atom stereocenters. The summed E-state index contributed by atoms with van der Waals surface area (Å²) in [7, 11) is 4.04. The highest BCUT2D eigenvalue weighted by Crippen LogP contribution is 2.35. The van der Waals surface area contributed by atoms with Crippen LogP contribution in [0.3, 0.4) is 0 Å². The predicted molar refractivity (Wildman–Crippen MR) is 133 cm³/mol. The van der Waals surface area contributed by atoms with Crippen LogP contribution in [0.1, 0.15) is 96.4 Å². The van der Waals surface area contributed by atoms with Crippen LogP contribution in [-0.4, -0.2) is 40.8 Å². The number of aromatic nitrogens is 3. The lowest BCUT2D eigenvalue weighted by molar-refractivity contribution is 0.251. The quantitative estimate of drug-likeness (QED) is 0.530. The van der Waals surface area contributed by atoms with Crippen molar-refractivity contribution in [1.29, 1.82) is 0 Å². The zero-order valence-electron chi connectivity index (χ0n) is 21.5. The lowest BCUT2D eigenvalue weighted by atomic mass is 9.89. The monoisotopic (exact) mass is 428 g/mol. The Morgan fingerprint density at radius 3 is 2.00 bits per heavy atom. The first-order valence-electron chi connectivity index (χ1n) is 11.9. The molecule has 2 heterocycles. The van der Waals surface area contributed by atoms with Crippen molar-refractivity contribution >= 4 is 5.82 Å². The molecule has 0 fully saturated rings. The highest BCUT2D eigenvalue weighted by Gasteiger charge is 2.24. The maximum atomic E-state index is 9.37. The first-order chi connectivity index (χ1) is 14.7. The standard InChI is InChI=1S/C24H38N4O.C2H6/c1-9-19-18(11-12-21(25-19)15(3)4)23-20(10-2)26-22(24(27-23)28(7)8)17(6)16(5)13-14-29;1-2/h11-12,15-17,29H,9-10,13-14H2,1-8H3;1-2H3/t16-,17?;/m1./s1. The second-order valence-electron chi connectivity index (χ2n) is 8.49. The molecule has 31 heavy (non-hydrogen) atoms. The van der Waals surface area contributed by atoms with Crippen LogP contribution in [-0.2, 0) is 12.8 Å². The van der Waals surface area contributed by atoms with Gasteiger partial charge >= 0.3 is 0 Å². The van der Waals surface area contributed by atoms with Crippen molar-refractivity contribution in [3.8, 4) is 11.3 Å². The number of rotatable bonds is 9. The van der Waals surface area contributed by atoms with Crippen molar-refractivity contribution in [2.24, 2.45) is 5.92 Å². The third kappa shape index (κ3) is 6.49. The van der Waals surface area contributed by atoms with Gasteiger partial charge in [-0.05, 0) is 43.2 Å². The molecule has 2 atom stereocenters. The molecule has 2 rings (SSSR count). The smallest absolute Gasteiger partial charge is 0.150 e. The molecule has 2 aromatic rings. The molecule has 0 amide bonds. The third-order valence-corrected chi connectivity index (χ3v) is 5.78. The van der Waals surface area contributed by atoms with Gasteiger partial charge in [-0.2, -0.15) is 0 Å². The molecule has 0 aliphatic carbocycles. The number of anilines is 1. The van der Waals surface area contributed by atoms with Gasteiger partial charge in [-0.25, -0.2) is 4.98 Å². The fourth-order valence-corrected chi connectivity index (χ4v) is 3.62. The Kier molecular flexibility index (Phi) is 11.1. The molecular formula is C26H44N4O. The summed E-state index contributed by atoms with van der Waals surface area (Å²) in [5.74, 6) is 1.87. The average molecular weight is 429 g/mol. The summed E-state index contributed by atoms with van der Waals surface area (Å²) in [5, 5.41) is 9.37. The Morgan fingerprint density at radius 2 is 1.52 bits per heavy atom. The molecular weight excluding hydrogens is 384 g/mol. The van der Waals surface area contributed by atoms with E-state index in [2.05, 4.69) is 58.6 Å². The number of pyridine rings is 1. The molecule has 1 N–H and O–H groups in total. The lowest BCUT2D eigenvalue weighted by Crippen LogP contribution is -2.20. The van der Waals surface area contributed by atoms with Crippen LogP contribution in [0.15, 0.2) is 12.1 Å². The van der Waals surface area contributed by atoms with Gasteiger partial charge in [0.25, 0.3) is 0 Å². The minimum absolute atomic E-state index is 0.197. The second-order valence-corrected chi connectivity index (χ2v) is 8.49. The molecule has 0 aliphatic heterocycles. The number of aryl methyl sites for hydroxylation is 2. The van der Waals surface area contributed by atoms with E-state index in [1.165, 1.54) is 0 Å². The van der Waals surface area contributed by atoms with E-state index in [1.807, 2.05) is 27.9 Å². The summed E-state index contributed by atoms with van der Waals surface area (Å²) in [6, 6.07) is 4.29. The molecule has 0 saturated heterocycles. The van der Waals surface area contributed by atoms with Gasteiger partial charge in [0.05, 0.1) is 17.1 Å². The number of aliphatic hydroxyl groups is 1. The van der Waals surface area contributed by atoms with Gasteiger partial charge in [-0.15, -0.1) is 0 Å². The van der Waals surface area contributed by atoms with Gasteiger partial charge in [0, 0.05) is 43.6 Å².